The highest BCUT2D eigenvalue weighted by Gasteiger charge is 2.20. The quantitative estimate of drug-likeness (QED) is 0.642. The molecule has 0 saturated carbocycles. The van der Waals surface area contributed by atoms with Crippen molar-refractivity contribution in [2.24, 2.45) is 0 Å². The number of rotatable bonds is 8. The number of carbonyl (C=O) groups is 2. The Kier molecular flexibility index (Phi) is 7.13. The summed E-state index contributed by atoms with van der Waals surface area (Å²) in [5.41, 5.74) is 0.167. The molecule has 0 spiro atoms. The molecule has 0 aliphatic carbocycles. The summed E-state index contributed by atoms with van der Waals surface area (Å²) < 4.78 is 37.3. The molecule has 1 aliphatic rings. The number of carbonyl (C=O) groups excluding carboxylic acids is 2. The first-order valence-corrected chi connectivity index (χ1v) is 9.94. The Labute approximate surface area is 153 Å². The first-order valence-electron chi connectivity index (χ1n) is 8.46. The molecule has 1 aromatic rings. The number of amides is 1. The predicted molar refractivity (Wildman–Crippen MR) is 94.2 cm³/mol. The van der Waals surface area contributed by atoms with Crippen molar-refractivity contribution in [3.05, 3.63) is 29.8 Å². The molecule has 144 valence electrons. The van der Waals surface area contributed by atoms with Gasteiger partial charge >= 0.3 is 5.97 Å². The molecule has 0 bridgehead atoms. The summed E-state index contributed by atoms with van der Waals surface area (Å²) in [6.45, 7) is 4.08. The standard InChI is InChI=1S/C17H24N2O6S/c1-12(2)19-16(20)11-25-17(21)13-5-7-15(8-6-13)26(22,23)18-10-14-4-3-9-24-14/h5-8,12,14,18H,3-4,9-11H2,1-2H3,(H,19,20)/t14-/m1/s1. The molecule has 1 amide bonds. The van der Waals surface area contributed by atoms with Crippen molar-refractivity contribution >= 4 is 21.9 Å². The maximum absolute atomic E-state index is 12.3. The molecule has 0 aromatic heterocycles. The zero-order chi connectivity index (χ0) is 19.2. The van der Waals surface area contributed by atoms with E-state index in [-0.39, 0.29) is 35.8 Å². The molecule has 1 aromatic carbocycles. The van der Waals surface area contributed by atoms with Crippen molar-refractivity contribution in [1.29, 1.82) is 0 Å². The fourth-order valence-electron chi connectivity index (χ4n) is 2.44. The van der Waals surface area contributed by atoms with Crippen LogP contribution in [-0.4, -0.2) is 52.2 Å². The zero-order valence-electron chi connectivity index (χ0n) is 14.9. The molecule has 1 fully saturated rings. The summed E-state index contributed by atoms with van der Waals surface area (Å²) >= 11 is 0. The SMILES string of the molecule is CC(C)NC(=O)COC(=O)c1ccc(S(=O)(=O)NC[C@H]2CCCO2)cc1. The monoisotopic (exact) mass is 384 g/mol. The number of ether oxygens (including phenoxy) is 2. The van der Waals surface area contributed by atoms with E-state index in [0.717, 1.165) is 12.8 Å². The third-order valence-electron chi connectivity index (χ3n) is 3.71. The van der Waals surface area contributed by atoms with E-state index in [9.17, 15) is 18.0 Å². The smallest absolute Gasteiger partial charge is 0.338 e. The van der Waals surface area contributed by atoms with E-state index < -0.39 is 21.9 Å². The zero-order valence-corrected chi connectivity index (χ0v) is 15.7. The van der Waals surface area contributed by atoms with Gasteiger partial charge in [0.15, 0.2) is 6.61 Å². The van der Waals surface area contributed by atoms with Crippen LogP contribution in [0.3, 0.4) is 0 Å². The minimum absolute atomic E-state index is 0.0459. The van der Waals surface area contributed by atoms with Crippen LogP contribution in [0.15, 0.2) is 29.2 Å². The molecule has 0 unspecified atom stereocenters. The number of hydrogen-bond acceptors (Lipinski definition) is 6. The number of sulfonamides is 1. The van der Waals surface area contributed by atoms with E-state index in [1.807, 2.05) is 0 Å². The van der Waals surface area contributed by atoms with E-state index in [1.165, 1.54) is 24.3 Å². The van der Waals surface area contributed by atoms with Gasteiger partial charge in [0.1, 0.15) is 0 Å². The molecule has 1 atom stereocenters. The van der Waals surface area contributed by atoms with Crippen LogP contribution in [0.25, 0.3) is 0 Å². The minimum Gasteiger partial charge on any atom is -0.452 e. The van der Waals surface area contributed by atoms with Gasteiger partial charge in [-0.3, -0.25) is 4.79 Å². The third-order valence-corrected chi connectivity index (χ3v) is 5.15. The Morgan fingerprint density at radius 1 is 1.27 bits per heavy atom. The van der Waals surface area contributed by atoms with Crippen LogP contribution < -0.4 is 10.0 Å². The van der Waals surface area contributed by atoms with Crippen LogP contribution in [-0.2, 0) is 24.3 Å². The normalized spacial score (nSPS) is 17.3. The average molecular weight is 384 g/mol. The highest BCUT2D eigenvalue weighted by Crippen LogP contribution is 2.14. The molecule has 1 saturated heterocycles. The highest BCUT2D eigenvalue weighted by molar-refractivity contribution is 7.89. The van der Waals surface area contributed by atoms with Gasteiger partial charge in [-0.25, -0.2) is 17.9 Å². The van der Waals surface area contributed by atoms with Gasteiger partial charge in [0.25, 0.3) is 5.91 Å². The lowest BCUT2D eigenvalue weighted by Gasteiger charge is -2.12. The molecule has 1 heterocycles. The molecular weight excluding hydrogens is 360 g/mol. The fraction of sp³-hybridized carbons (Fsp3) is 0.529. The molecule has 0 radical (unpaired) electrons. The topological polar surface area (TPSA) is 111 Å². The van der Waals surface area contributed by atoms with E-state index >= 15 is 0 Å². The lowest BCUT2D eigenvalue weighted by atomic mass is 10.2. The van der Waals surface area contributed by atoms with Crippen molar-refractivity contribution in [2.45, 2.75) is 43.7 Å². The summed E-state index contributed by atoms with van der Waals surface area (Å²) in [5.74, 6) is -1.09. The highest BCUT2D eigenvalue weighted by atomic mass is 32.2. The van der Waals surface area contributed by atoms with Crippen molar-refractivity contribution < 1.29 is 27.5 Å². The van der Waals surface area contributed by atoms with Gasteiger partial charge in [-0.1, -0.05) is 0 Å². The van der Waals surface area contributed by atoms with Gasteiger partial charge in [0, 0.05) is 19.2 Å². The number of nitrogens with one attached hydrogen (secondary N) is 2. The Morgan fingerprint density at radius 3 is 2.54 bits per heavy atom. The molecule has 8 nitrogen and oxygen atoms in total. The Balaban J connectivity index is 1.89. The second-order valence-electron chi connectivity index (χ2n) is 6.31. The summed E-state index contributed by atoms with van der Waals surface area (Å²) in [4.78, 5) is 23.4. The third kappa shape index (κ3) is 6.08. The van der Waals surface area contributed by atoms with Crippen molar-refractivity contribution in [2.75, 3.05) is 19.8 Å². The van der Waals surface area contributed by atoms with E-state index in [0.29, 0.717) is 6.61 Å². The molecule has 9 heteroatoms. The number of hydrogen-bond donors (Lipinski definition) is 2. The van der Waals surface area contributed by atoms with Gasteiger partial charge < -0.3 is 14.8 Å². The van der Waals surface area contributed by atoms with Crippen LogP contribution in [0, 0.1) is 0 Å². The van der Waals surface area contributed by atoms with Crippen molar-refractivity contribution in [3.63, 3.8) is 0 Å². The Bertz CT molecular complexity index is 724. The van der Waals surface area contributed by atoms with Crippen LogP contribution in [0.2, 0.25) is 0 Å². The van der Waals surface area contributed by atoms with Gasteiger partial charge in [0.05, 0.1) is 16.6 Å². The molecule has 26 heavy (non-hydrogen) atoms. The summed E-state index contributed by atoms with van der Waals surface area (Å²) in [6, 6.07) is 5.30. The molecule has 2 rings (SSSR count). The van der Waals surface area contributed by atoms with Crippen LogP contribution in [0.4, 0.5) is 0 Å². The van der Waals surface area contributed by atoms with Crippen molar-refractivity contribution in [3.8, 4) is 0 Å². The fourth-order valence-corrected chi connectivity index (χ4v) is 3.51. The maximum Gasteiger partial charge on any atom is 0.338 e. The largest absolute Gasteiger partial charge is 0.452 e. The Morgan fingerprint density at radius 2 is 1.96 bits per heavy atom. The summed E-state index contributed by atoms with van der Waals surface area (Å²) in [7, 11) is -3.68. The Hall–Kier alpha value is -1.97. The van der Waals surface area contributed by atoms with Gasteiger partial charge in [-0.15, -0.1) is 0 Å². The van der Waals surface area contributed by atoms with Crippen LogP contribution in [0.1, 0.15) is 37.0 Å². The first kappa shape index (κ1) is 20.3. The molecule has 1 aliphatic heterocycles. The lowest BCUT2D eigenvalue weighted by Crippen LogP contribution is -2.34. The van der Waals surface area contributed by atoms with E-state index in [2.05, 4.69) is 10.0 Å². The maximum atomic E-state index is 12.3. The average Bonchev–Trinajstić information content (AvgIpc) is 3.11. The van der Waals surface area contributed by atoms with E-state index in [1.54, 1.807) is 13.8 Å². The second-order valence-corrected chi connectivity index (χ2v) is 8.08. The summed E-state index contributed by atoms with van der Waals surface area (Å²) in [6.07, 6.45) is 1.66. The van der Waals surface area contributed by atoms with Gasteiger partial charge in [-0.2, -0.15) is 0 Å². The van der Waals surface area contributed by atoms with E-state index in [4.69, 9.17) is 9.47 Å². The molecular formula is C17H24N2O6S. The van der Waals surface area contributed by atoms with Crippen LogP contribution >= 0.6 is 0 Å². The second kappa shape index (κ2) is 9.11. The van der Waals surface area contributed by atoms with Crippen molar-refractivity contribution in [1.82, 2.24) is 10.0 Å². The summed E-state index contributed by atoms with van der Waals surface area (Å²) in [5, 5.41) is 2.60. The number of esters is 1. The van der Waals surface area contributed by atoms with Gasteiger partial charge in [-0.05, 0) is 51.0 Å². The lowest BCUT2D eigenvalue weighted by molar-refractivity contribution is -0.124. The number of benzene rings is 1. The first-order chi connectivity index (χ1) is 12.3. The van der Waals surface area contributed by atoms with Gasteiger partial charge in [0.2, 0.25) is 10.0 Å². The molecule has 2 N–H and O–H groups in total. The predicted octanol–water partition coefficient (Wildman–Crippen LogP) is 0.825. The minimum atomic E-state index is -3.68. The van der Waals surface area contributed by atoms with Crippen LogP contribution in [0.5, 0.6) is 0 Å².